The Morgan fingerprint density at radius 1 is 1.12 bits per heavy atom. The molecule has 0 atom stereocenters. The lowest BCUT2D eigenvalue weighted by Gasteiger charge is -2.04. The quantitative estimate of drug-likeness (QED) is 0.489. The van der Waals surface area contributed by atoms with Gasteiger partial charge < -0.3 is 5.32 Å². The van der Waals surface area contributed by atoms with E-state index in [4.69, 9.17) is 0 Å². The van der Waals surface area contributed by atoms with Crippen molar-refractivity contribution in [2.24, 2.45) is 0 Å². The van der Waals surface area contributed by atoms with Crippen LogP contribution in [0.2, 0.25) is 0 Å². The molecular formula is C19H14BrN3OS. The van der Waals surface area contributed by atoms with Crippen molar-refractivity contribution >= 4 is 49.1 Å². The SMILES string of the molecule is Cc1nn(-c2ccccc2)c2sc(C(=O)Nc3cccc(Br)c3)cc12. The number of fused-ring (bicyclic) bond motifs is 1. The Morgan fingerprint density at radius 2 is 1.92 bits per heavy atom. The molecule has 1 N–H and O–H groups in total. The minimum atomic E-state index is -0.113. The molecule has 0 radical (unpaired) electrons. The summed E-state index contributed by atoms with van der Waals surface area (Å²) in [6, 6.07) is 19.4. The minimum absolute atomic E-state index is 0.113. The molecule has 0 spiro atoms. The van der Waals surface area contributed by atoms with E-state index in [1.807, 2.05) is 72.3 Å². The van der Waals surface area contributed by atoms with Crippen LogP contribution in [0.1, 0.15) is 15.4 Å². The Morgan fingerprint density at radius 3 is 2.68 bits per heavy atom. The second-order valence-electron chi connectivity index (χ2n) is 5.63. The predicted molar refractivity (Wildman–Crippen MR) is 106 cm³/mol. The van der Waals surface area contributed by atoms with Gasteiger partial charge in [0, 0.05) is 15.5 Å². The van der Waals surface area contributed by atoms with Gasteiger partial charge >= 0.3 is 0 Å². The molecular weight excluding hydrogens is 398 g/mol. The van der Waals surface area contributed by atoms with E-state index in [9.17, 15) is 4.79 Å². The number of nitrogens with zero attached hydrogens (tertiary/aromatic N) is 2. The number of carbonyl (C=O) groups excluding carboxylic acids is 1. The fraction of sp³-hybridized carbons (Fsp3) is 0.0526. The molecule has 2 aromatic heterocycles. The Balaban J connectivity index is 1.71. The van der Waals surface area contributed by atoms with E-state index >= 15 is 0 Å². The zero-order valence-corrected chi connectivity index (χ0v) is 15.8. The third-order valence-electron chi connectivity index (χ3n) is 3.85. The Hall–Kier alpha value is -2.44. The van der Waals surface area contributed by atoms with Gasteiger partial charge in [-0.05, 0) is 43.3 Å². The summed E-state index contributed by atoms with van der Waals surface area (Å²) >= 11 is 4.86. The molecule has 0 aliphatic rings. The van der Waals surface area contributed by atoms with E-state index in [1.165, 1.54) is 11.3 Å². The highest BCUT2D eigenvalue weighted by atomic mass is 79.9. The van der Waals surface area contributed by atoms with Crippen LogP contribution in [0.3, 0.4) is 0 Å². The van der Waals surface area contributed by atoms with E-state index < -0.39 is 0 Å². The lowest BCUT2D eigenvalue weighted by Crippen LogP contribution is -2.10. The molecule has 0 bridgehead atoms. The van der Waals surface area contributed by atoms with Crippen molar-refractivity contribution in [3.63, 3.8) is 0 Å². The van der Waals surface area contributed by atoms with Gasteiger partial charge in [0.15, 0.2) is 0 Å². The molecule has 4 rings (SSSR count). The first-order chi connectivity index (χ1) is 12.1. The summed E-state index contributed by atoms with van der Waals surface area (Å²) in [5, 5.41) is 8.55. The third kappa shape index (κ3) is 3.10. The van der Waals surface area contributed by atoms with Crippen molar-refractivity contribution in [3.8, 4) is 5.69 Å². The first-order valence-corrected chi connectivity index (χ1v) is 9.34. The summed E-state index contributed by atoms with van der Waals surface area (Å²) < 4.78 is 2.82. The molecule has 0 fully saturated rings. The summed E-state index contributed by atoms with van der Waals surface area (Å²) in [5.41, 5.74) is 2.66. The molecule has 1 amide bonds. The average Bonchev–Trinajstić information content (AvgIpc) is 3.17. The van der Waals surface area contributed by atoms with Crippen LogP contribution in [-0.4, -0.2) is 15.7 Å². The Bertz CT molecular complexity index is 1070. The van der Waals surface area contributed by atoms with E-state index in [1.54, 1.807) is 0 Å². The second-order valence-corrected chi connectivity index (χ2v) is 7.57. The van der Waals surface area contributed by atoms with Crippen molar-refractivity contribution in [1.82, 2.24) is 9.78 Å². The van der Waals surface area contributed by atoms with Crippen molar-refractivity contribution in [1.29, 1.82) is 0 Å². The maximum Gasteiger partial charge on any atom is 0.265 e. The van der Waals surface area contributed by atoms with Gasteiger partial charge in [0.1, 0.15) is 4.83 Å². The van der Waals surface area contributed by atoms with Crippen LogP contribution in [0.15, 0.2) is 65.1 Å². The monoisotopic (exact) mass is 411 g/mol. The van der Waals surface area contributed by atoms with E-state index in [2.05, 4.69) is 26.3 Å². The molecule has 0 saturated heterocycles. The number of carbonyl (C=O) groups is 1. The standard InChI is InChI=1S/C19H14BrN3OS/c1-12-16-11-17(18(24)21-14-7-5-6-13(20)10-14)25-19(16)23(22-12)15-8-3-2-4-9-15/h2-11H,1H3,(H,21,24). The van der Waals surface area contributed by atoms with Crippen LogP contribution in [0, 0.1) is 6.92 Å². The first kappa shape index (κ1) is 16.1. The van der Waals surface area contributed by atoms with Gasteiger partial charge in [-0.3, -0.25) is 4.79 Å². The molecule has 124 valence electrons. The van der Waals surface area contributed by atoms with Gasteiger partial charge in [0.05, 0.1) is 16.3 Å². The number of benzene rings is 2. The van der Waals surface area contributed by atoms with Crippen LogP contribution in [0.4, 0.5) is 5.69 Å². The maximum absolute atomic E-state index is 12.6. The van der Waals surface area contributed by atoms with Crippen molar-refractivity contribution in [2.75, 3.05) is 5.32 Å². The number of hydrogen-bond donors (Lipinski definition) is 1. The molecule has 4 nitrogen and oxygen atoms in total. The van der Waals surface area contributed by atoms with Gasteiger partial charge in [-0.2, -0.15) is 5.10 Å². The van der Waals surface area contributed by atoms with Crippen LogP contribution in [0.5, 0.6) is 0 Å². The zero-order valence-electron chi connectivity index (χ0n) is 13.4. The zero-order chi connectivity index (χ0) is 17.4. The van der Waals surface area contributed by atoms with E-state index in [-0.39, 0.29) is 5.91 Å². The number of rotatable bonds is 3. The molecule has 6 heteroatoms. The molecule has 0 saturated carbocycles. The fourth-order valence-electron chi connectivity index (χ4n) is 2.66. The van der Waals surface area contributed by atoms with Gasteiger partial charge in [-0.15, -0.1) is 11.3 Å². The van der Waals surface area contributed by atoms with E-state index in [0.29, 0.717) is 4.88 Å². The van der Waals surface area contributed by atoms with Gasteiger partial charge in [-0.1, -0.05) is 40.2 Å². The third-order valence-corrected chi connectivity index (χ3v) is 5.45. The summed E-state index contributed by atoms with van der Waals surface area (Å²) in [5.74, 6) is -0.113. The normalized spacial score (nSPS) is 11.0. The summed E-state index contributed by atoms with van der Waals surface area (Å²) in [4.78, 5) is 14.2. The highest BCUT2D eigenvalue weighted by molar-refractivity contribution is 9.10. The average molecular weight is 412 g/mol. The highest BCUT2D eigenvalue weighted by Crippen LogP contribution is 2.31. The first-order valence-electron chi connectivity index (χ1n) is 7.73. The number of para-hydroxylation sites is 1. The van der Waals surface area contributed by atoms with Crippen molar-refractivity contribution < 1.29 is 4.79 Å². The minimum Gasteiger partial charge on any atom is -0.321 e. The Kier molecular flexibility index (Phi) is 4.15. The Labute approximate surface area is 157 Å². The maximum atomic E-state index is 12.6. The van der Waals surface area contributed by atoms with Crippen molar-refractivity contribution in [2.45, 2.75) is 6.92 Å². The second kappa shape index (κ2) is 6.46. The number of nitrogens with one attached hydrogen (secondary N) is 1. The number of anilines is 1. The molecule has 2 aromatic carbocycles. The number of aromatic nitrogens is 2. The van der Waals surface area contributed by atoms with Crippen LogP contribution in [-0.2, 0) is 0 Å². The number of amides is 1. The van der Waals surface area contributed by atoms with Gasteiger partial charge in [0.25, 0.3) is 5.91 Å². The van der Waals surface area contributed by atoms with Crippen molar-refractivity contribution in [3.05, 3.63) is 75.7 Å². The molecule has 4 aromatic rings. The van der Waals surface area contributed by atoms with Crippen LogP contribution < -0.4 is 5.32 Å². The largest absolute Gasteiger partial charge is 0.321 e. The number of thiophene rings is 1. The number of halogens is 1. The van der Waals surface area contributed by atoms with Gasteiger partial charge in [-0.25, -0.2) is 4.68 Å². The molecule has 0 unspecified atom stereocenters. The fourth-order valence-corrected chi connectivity index (χ4v) is 4.14. The number of aryl methyl sites for hydroxylation is 1. The lowest BCUT2D eigenvalue weighted by atomic mass is 10.3. The molecule has 0 aliphatic heterocycles. The molecule has 25 heavy (non-hydrogen) atoms. The molecule has 0 aliphatic carbocycles. The summed E-state index contributed by atoms with van der Waals surface area (Å²) in [7, 11) is 0. The van der Waals surface area contributed by atoms with Crippen LogP contribution in [0.25, 0.3) is 15.9 Å². The topological polar surface area (TPSA) is 46.9 Å². The van der Waals surface area contributed by atoms with E-state index in [0.717, 1.165) is 31.8 Å². The van der Waals surface area contributed by atoms with Gasteiger partial charge in [0.2, 0.25) is 0 Å². The lowest BCUT2D eigenvalue weighted by molar-refractivity contribution is 0.103. The summed E-state index contributed by atoms with van der Waals surface area (Å²) in [6.07, 6.45) is 0. The van der Waals surface area contributed by atoms with Crippen LogP contribution >= 0.6 is 27.3 Å². The molecule has 2 heterocycles. The summed E-state index contributed by atoms with van der Waals surface area (Å²) in [6.45, 7) is 1.96. The predicted octanol–water partition coefficient (Wildman–Crippen LogP) is 5.41. The smallest absolute Gasteiger partial charge is 0.265 e. The highest BCUT2D eigenvalue weighted by Gasteiger charge is 2.17. The number of hydrogen-bond acceptors (Lipinski definition) is 3.